The largest absolute Gasteiger partial charge is 0.347 e. The lowest BCUT2D eigenvalue weighted by molar-refractivity contribution is -0.123. The molecule has 0 bridgehead atoms. The van der Waals surface area contributed by atoms with E-state index in [1.807, 2.05) is 0 Å². The summed E-state index contributed by atoms with van der Waals surface area (Å²) in [6.07, 6.45) is -0.134. The fraction of sp³-hybridized carbons (Fsp3) is 0.167. The summed E-state index contributed by atoms with van der Waals surface area (Å²) >= 11 is 0. The Morgan fingerprint density at radius 1 is 0.880 bits per heavy atom. The van der Waals surface area contributed by atoms with Crippen LogP contribution in [0.5, 0.6) is 0 Å². The molecule has 3 amide bonds. The van der Waals surface area contributed by atoms with Gasteiger partial charge in [0.15, 0.2) is 0 Å². The fourth-order valence-corrected chi connectivity index (χ4v) is 2.10. The number of anilines is 2. The molecule has 7 heteroatoms. The standard InChI is InChI=1S/C18H18FN3O3/c1-12(23)21-14-6-8-15(9-7-14)22-18(25)11-20-17(24)10-13-4-2-3-5-16(13)19/h2-9H,10-11H2,1H3,(H,20,24)(H,21,23)(H,22,25). The van der Waals surface area contributed by atoms with Crippen molar-refractivity contribution in [2.75, 3.05) is 17.2 Å². The van der Waals surface area contributed by atoms with Crippen molar-refractivity contribution in [1.82, 2.24) is 5.32 Å². The average molecular weight is 343 g/mol. The first-order valence-electron chi connectivity index (χ1n) is 7.61. The first kappa shape index (κ1) is 18.1. The Hall–Kier alpha value is -3.22. The number of hydrogen-bond acceptors (Lipinski definition) is 3. The second kappa shape index (κ2) is 8.58. The second-order valence-electron chi connectivity index (χ2n) is 5.35. The van der Waals surface area contributed by atoms with Crippen LogP contribution in [0.1, 0.15) is 12.5 Å². The van der Waals surface area contributed by atoms with E-state index in [0.717, 1.165) is 0 Å². The zero-order valence-electron chi connectivity index (χ0n) is 13.6. The summed E-state index contributed by atoms with van der Waals surface area (Å²) in [4.78, 5) is 34.5. The van der Waals surface area contributed by atoms with Crippen molar-refractivity contribution in [2.24, 2.45) is 0 Å². The highest BCUT2D eigenvalue weighted by molar-refractivity contribution is 5.95. The Morgan fingerprint density at radius 2 is 1.48 bits per heavy atom. The molecule has 0 aliphatic heterocycles. The molecule has 3 N–H and O–H groups in total. The van der Waals surface area contributed by atoms with Crippen LogP contribution in [0.2, 0.25) is 0 Å². The van der Waals surface area contributed by atoms with Gasteiger partial charge in [0, 0.05) is 18.3 Å². The van der Waals surface area contributed by atoms with Gasteiger partial charge in [-0.25, -0.2) is 4.39 Å². The summed E-state index contributed by atoms with van der Waals surface area (Å²) in [5, 5.41) is 7.67. The Morgan fingerprint density at radius 3 is 2.08 bits per heavy atom. The first-order valence-corrected chi connectivity index (χ1v) is 7.61. The molecule has 25 heavy (non-hydrogen) atoms. The van der Waals surface area contributed by atoms with Crippen molar-refractivity contribution in [2.45, 2.75) is 13.3 Å². The van der Waals surface area contributed by atoms with E-state index in [9.17, 15) is 18.8 Å². The third-order valence-electron chi connectivity index (χ3n) is 3.24. The minimum atomic E-state index is -0.457. The van der Waals surface area contributed by atoms with Crippen LogP contribution in [0, 0.1) is 5.82 Å². The van der Waals surface area contributed by atoms with Crippen molar-refractivity contribution in [3.8, 4) is 0 Å². The highest BCUT2D eigenvalue weighted by atomic mass is 19.1. The molecule has 0 unspecified atom stereocenters. The van der Waals surface area contributed by atoms with Crippen molar-refractivity contribution < 1.29 is 18.8 Å². The summed E-state index contributed by atoms with van der Waals surface area (Å²) in [5.41, 5.74) is 1.42. The predicted molar refractivity (Wildman–Crippen MR) is 92.5 cm³/mol. The van der Waals surface area contributed by atoms with Crippen LogP contribution in [0.15, 0.2) is 48.5 Å². The van der Waals surface area contributed by atoms with Crippen molar-refractivity contribution in [3.63, 3.8) is 0 Å². The number of carbonyl (C=O) groups is 3. The van der Waals surface area contributed by atoms with Crippen LogP contribution in [-0.4, -0.2) is 24.3 Å². The van der Waals surface area contributed by atoms with E-state index in [1.165, 1.54) is 19.1 Å². The molecule has 0 saturated carbocycles. The van der Waals surface area contributed by atoms with E-state index in [-0.39, 0.29) is 24.4 Å². The number of hydrogen-bond donors (Lipinski definition) is 3. The third kappa shape index (κ3) is 6.06. The lowest BCUT2D eigenvalue weighted by Gasteiger charge is -2.08. The van der Waals surface area contributed by atoms with Gasteiger partial charge in [-0.2, -0.15) is 0 Å². The Kier molecular flexibility index (Phi) is 6.22. The first-order chi connectivity index (χ1) is 11.9. The number of halogens is 1. The maximum atomic E-state index is 13.5. The molecule has 2 aromatic rings. The lowest BCUT2D eigenvalue weighted by atomic mass is 10.1. The molecule has 2 aromatic carbocycles. The Balaban J connectivity index is 1.79. The van der Waals surface area contributed by atoms with Crippen molar-refractivity contribution >= 4 is 29.1 Å². The SMILES string of the molecule is CC(=O)Nc1ccc(NC(=O)CNC(=O)Cc2ccccc2F)cc1. The molecule has 0 radical (unpaired) electrons. The van der Waals surface area contributed by atoms with E-state index < -0.39 is 17.6 Å². The molecule has 130 valence electrons. The fourth-order valence-electron chi connectivity index (χ4n) is 2.10. The van der Waals surface area contributed by atoms with Crippen LogP contribution in [-0.2, 0) is 20.8 Å². The van der Waals surface area contributed by atoms with E-state index >= 15 is 0 Å². The smallest absolute Gasteiger partial charge is 0.243 e. The van der Waals surface area contributed by atoms with E-state index in [2.05, 4.69) is 16.0 Å². The maximum Gasteiger partial charge on any atom is 0.243 e. The minimum Gasteiger partial charge on any atom is -0.347 e. The van der Waals surface area contributed by atoms with Gasteiger partial charge in [0.05, 0.1) is 13.0 Å². The molecule has 6 nitrogen and oxygen atoms in total. The van der Waals surface area contributed by atoms with Crippen LogP contribution >= 0.6 is 0 Å². The van der Waals surface area contributed by atoms with Crippen molar-refractivity contribution in [1.29, 1.82) is 0 Å². The highest BCUT2D eigenvalue weighted by Crippen LogP contribution is 2.13. The Labute approximate surface area is 144 Å². The summed E-state index contributed by atoms with van der Waals surface area (Å²) in [6, 6.07) is 12.5. The zero-order valence-corrected chi connectivity index (χ0v) is 13.6. The number of amides is 3. The van der Waals surface area contributed by atoms with Crippen LogP contribution < -0.4 is 16.0 Å². The molecule has 0 aliphatic rings. The number of rotatable bonds is 6. The molecule has 0 atom stereocenters. The summed E-state index contributed by atoms with van der Waals surface area (Å²) in [5.74, 6) is -1.49. The van der Waals surface area contributed by atoms with Gasteiger partial charge < -0.3 is 16.0 Å². The van der Waals surface area contributed by atoms with Gasteiger partial charge in [0.25, 0.3) is 0 Å². The topological polar surface area (TPSA) is 87.3 Å². The van der Waals surface area contributed by atoms with Gasteiger partial charge in [-0.3, -0.25) is 14.4 Å². The van der Waals surface area contributed by atoms with Crippen LogP contribution in [0.3, 0.4) is 0 Å². The highest BCUT2D eigenvalue weighted by Gasteiger charge is 2.09. The van der Waals surface area contributed by atoms with Crippen molar-refractivity contribution in [3.05, 3.63) is 59.9 Å². The maximum absolute atomic E-state index is 13.5. The monoisotopic (exact) mass is 343 g/mol. The van der Waals surface area contributed by atoms with Gasteiger partial charge in [0.2, 0.25) is 17.7 Å². The van der Waals surface area contributed by atoms with Gasteiger partial charge in [0.1, 0.15) is 5.82 Å². The zero-order chi connectivity index (χ0) is 18.2. The van der Waals surface area contributed by atoms with E-state index in [1.54, 1.807) is 36.4 Å². The molecular weight excluding hydrogens is 325 g/mol. The molecule has 0 aromatic heterocycles. The van der Waals surface area contributed by atoms with Crippen LogP contribution in [0.4, 0.5) is 15.8 Å². The summed E-state index contributed by atoms with van der Waals surface area (Å²) < 4.78 is 13.5. The average Bonchev–Trinajstić information content (AvgIpc) is 2.56. The molecule has 0 aliphatic carbocycles. The molecule has 0 spiro atoms. The number of benzene rings is 2. The third-order valence-corrected chi connectivity index (χ3v) is 3.24. The molecule has 0 heterocycles. The van der Waals surface area contributed by atoms with E-state index in [4.69, 9.17) is 0 Å². The van der Waals surface area contributed by atoms with Gasteiger partial charge >= 0.3 is 0 Å². The predicted octanol–water partition coefficient (Wildman–Crippen LogP) is 2.08. The summed E-state index contributed by atoms with van der Waals surface area (Å²) in [6.45, 7) is 1.18. The summed E-state index contributed by atoms with van der Waals surface area (Å²) in [7, 11) is 0. The van der Waals surface area contributed by atoms with Crippen LogP contribution in [0.25, 0.3) is 0 Å². The quantitative estimate of drug-likeness (QED) is 0.750. The second-order valence-corrected chi connectivity index (χ2v) is 5.35. The Bertz CT molecular complexity index is 775. The van der Waals surface area contributed by atoms with Gasteiger partial charge in [-0.05, 0) is 35.9 Å². The van der Waals surface area contributed by atoms with Gasteiger partial charge in [-0.15, -0.1) is 0 Å². The normalized spacial score (nSPS) is 10.0. The number of nitrogens with one attached hydrogen (secondary N) is 3. The molecule has 2 rings (SSSR count). The number of carbonyl (C=O) groups excluding carboxylic acids is 3. The van der Waals surface area contributed by atoms with E-state index in [0.29, 0.717) is 11.4 Å². The molecular formula is C18H18FN3O3. The molecule has 0 fully saturated rings. The molecule has 0 saturated heterocycles. The van der Waals surface area contributed by atoms with Gasteiger partial charge in [-0.1, -0.05) is 18.2 Å². The minimum absolute atomic E-state index is 0.134. The lowest BCUT2D eigenvalue weighted by Crippen LogP contribution is -2.33.